The van der Waals surface area contributed by atoms with E-state index < -0.39 is 6.10 Å². The third-order valence-electron chi connectivity index (χ3n) is 4.83. The van der Waals surface area contributed by atoms with Crippen molar-refractivity contribution in [2.75, 3.05) is 13.7 Å². The van der Waals surface area contributed by atoms with E-state index in [-0.39, 0.29) is 11.5 Å². The Balaban J connectivity index is 1.96. The van der Waals surface area contributed by atoms with Gasteiger partial charge >= 0.3 is 0 Å². The zero-order valence-electron chi connectivity index (χ0n) is 11.6. The summed E-state index contributed by atoms with van der Waals surface area (Å²) in [6, 6.07) is 4.11. The summed E-state index contributed by atoms with van der Waals surface area (Å²) in [5.74, 6) is 1.67. The molecule has 3 atom stereocenters. The summed E-state index contributed by atoms with van der Waals surface area (Å²) in [5.41, 5.74) is 2.43. The fraction of sp³-hybridized carbons (Fsp3) is 0.500. The Morgan fingerprint density at radius 1 is 1.45 bits per heavy atom. The molecule has 4 nitrogen and oxygen atoms in total. The van der Waals surface area contributed by atoms with Crippen LogP contribution in [0, 0.1) is 0 Å². The summed E-state index contributed by atoms with van der Waals surface area (Å²) >= 11 is 0. The lowest BCUT2D eigenvalue weighted by atomic mass is 9.69. The minimum Gasteiger partial charge on any atom is -0.493 e. The number of aliphatic hydroxyl groups is 1. The van der Waals surface area contributed by atoms with E-state index in [1.165, 1.54) is 11.1 Å². The van der Waals surface area contributed by atoms with Crippen molar-refractivity contribution in [1.29, 1.82) is 0 Å². The Morgan fingerprint density at radius 2 is 2.35 bits per heavy atom. The van der Waals surface area contributed by atoms with Crippen LogP contribution in [-0.2, 0) is 12.0 Å². The Labute approximate surface area is 118 Å². The van der Waals surface area contributed by atoms with Crippen molar-refractivity contribution in [3.05, 3.63) is 35.4 Å². The minimum atomic E-state index is -0.411. The standard InChI is InChI=1S/C16H19NO3/c1-19-12-3-2-10-9-17-7-6-16-5-4-11(18)8-13(16)20-15(12)14(10)16/h2-5,11,13,17-18H,6-9H2,1H3/t11?,13-,16?/m1/s1. The van der Waals surface area contributed by atoms with Gasteiger partial charge in [-0.05, 0) is 24.6 Å². The molecule has 1 spiro atoms. The topological polar surface area (TPSA) is 50.7 Å². The fourth-order valence-corrected chi connectivity index (χ4v) is 3.87. The molecule has 0 amide bonds. The molecule has 2 aliphatic heterocycles. The Morgan fingerprint density at radius 3 is 3.20 bits per heavy atom. The molecule has 1 aromatic carbocycles. The van der Waals surface area contributed by atoms with Gasteiger partial charge in [-0.2, -0.15) is 0 Å². The van der Waals surface area contributed by atoms with Crippen molar-refractivity contribution in [3.63, 3.8) is 0 Å². The van der Waals surface area contributed by atoms with Crippen LogP contribution >= 0.6 is 0 Å². The molecule has 0 saturated carbocycles. The third-order valence-corrected chi connectivity index (χ3v) is 4.83. The molecule has 1 aliphatic carbocycles. The van der Waals surface area contributed by atoms with Crippen molar-refractivity contribution in [3.8, 4) is 11.5 Å². The van der Waals surface area contributed by atoms with E-state index in [2.05, 4.69) is 17.5 Å². The summed E-state index contributed by atoms with van der Waals surface area (Å²) < 4.78 is 11.7. The molecule has 20 heavy (non-hydrogen) atoms. The van der Waals surface area contributed by atoms with E-state index in [0.29, 0.717) is 6.42 Å². The molecule has 0 radical (unpaired) electrons. The summed E-state index contributed by atoms with van der Waals surface area (Å²) in [6.07, 6.45) is 5.32. The van der Waals surface area contributed by atoms with Gasteiger partial charge in [-0.1, -0.05) is 18.2 Å². The molecule has 4 heteroatoms. The predicted molar refractivity (Wildman–Crippen MR) is 75.2 cm³/mol. The van der Waals surface area contributed by atoms with Crippen LogP contribution in [0.4, 0.5) is 0 Å². The summed E-state index contributed by atoms with van der Waals surface area (Å²) in [6.45, 7) is 1.82. The maximum absolute atomic E-state index is 9.92. The maximum Gasteiger partial charge on any atom is 0.166 e. The molecule has 0 fully saturated rings. The number of hydrogen-bond donors (Lipinski definition) is 2. The van der Waals surface area contributed by atoms with Crippen LogP contribution in [0.2, 0.25) is 0 Å². The van der Waals surface area contributed by atoms with Gasteiger partial charge in [0.2, 0.25) is 0 Å². The van der Waals surface area contributed by atoms with Gasteiger partial charge in [0.05, 0.1) is 18.6 Å². The van der Waals surface area contributed by atoms with E-state index in [9.17, 15) is 5.11 Å². The molecular weight excluding hydrogens is 254 g/mol. The molecule has 2 unspecified atom stereocenters. The average molecular weight is 273 g/mol. The van der Waals surface area contributed by atoms with Gasteiger partial charge in [0.25, 0.3) is 0 Å². The molecule has 2 N–H and O–H groups in total. The highest BCUT2D eigenvalue weighted by Gasteiger charge is 2.52. The second-order valence-electron chi connectivity index (χ2n) is 5.87. The Hall–Kier alpha value is -1.52. The second kappa shape index (κ2) is 4.24. The molecule has 3 aliphatic rings. The van der Waals surface area contributed by atoms with Crippen molar-refractivity contribution < 1.29 is 14.6 Å². The number of hydrogen-bond acceptors (Lipinski definition) is 4. The molecule has 1 aromatic rings. The highest BCUT2D eigenvalue weighted by atomic mass is 16.5. The zero-order chi connectivity index (χ0) is 13.7. The van der Waals surface area contributed by atoms with Gasteiger partial charge in [-0.25, -0.2) is 0 Å². The third kappa shape index (κ3) is 1.49. The van der Waals surface area contributed by atoms with E-state index in [1.54, 1.807) is 7.11 Å². The molecular formula is C16H19NO3. The quantitative estimate of drug-likeness (QED) is 0.762. The SMILES string of the molecule is COc1ccc2c3c1O[C@@H]1CC(O)C=CC31CCNC2. The van der Waals surface area contributed by atoms with Crippen molar-refractivity contribution in [1.82, 2.24) is 5.32 Å². The summed E-state index contributed by atoms with van der Waals surface area (Å²) in [4.78, 5) is 0. The Kier molecular flexibility index (Phi) is 2.59. The van der Waals surface area contributed by atoms with Gasteiger partial charge in [0.15, 0.2) is 11.5 Å². The van der Waals surface area contributed by atoms with E-state index in [1.807, 2.05) is 12.1 Å². The lowest BCUT2D eigenvalue weighted by Gasteiger charge is -2.35. The summed E-state index contributed by atoms with van der Waals surface area (Å²) in [5, 5.41) is 13.4. The van der Waals surface area contributed by atoms with Crippen LogP contribution < -0.4 is 14.8 Å². The van der Waals surface area contributed by atoms with Gasteiger partial charge in [0, 0.05) is 18.5 Å². The number of benzene rings is 1. The van der Waals surface area contributed by atoms with Gasteiger partial charge in [0.1, 0.15) is 6.10 Å². The van der Waals surface area contributed by atoms with Crippen LogP contribution in [0.5, 0.6) is 11.5 Å². The van der Waals surface area contributed by atoms with Gasteiger partial charge in [-0.15, -0.1) is 0 Å². The van der Waals surface area contributed by atoms with Crippen LogP contribution in [0.25, 0.3) is 0 Å². The predicted octanol–water partition coefficient (Wildman–Crippen LogP) is 1.51. The largest absolute Gasteiger partial charge is 0.493 e. The molecule has 0 bridgehead atoms. The Bertz CT molecular complexity index is 583. The number of rotatable bonds is 1. The minimum absolute atomic E-state index is 0.00690. The maximum atomic E-state index is 9.92. The molecule has 2 heterocycles. The smallest absolute Gasteiger partial charge is 0.166 e. The van der Waals surface area contributed by atoms with Crippen molar-refractivity contribution in [2.45, 2.75) is 37.0 Å². The van der Waals surface area contributed by atoms with E-state index >= 15 is 0 Å². The second-order valence-corrected chi connectivity index (χ2v) is 5.87. The van der Waals surface area contributed by atoms with E-state index in [4.69, 9.17) is 9.47 Å². The van der Waals surface area contributed by atoms with Gasteiger partial charge in [-0.3, -0.25) is 0 Å². The first-order valence-electron chi connectivity index (χ1n) is 7.20. The highest BCUT2D eigenvalue weighted by Crippen LogP contribution is 2.55. The number of nitrogens with one attached hydrogen (secondary N) is 1. The number of methoxy groups -OCH3 is 1. The van der Waals surface area contributed by atoms with Crippen LogP contribution in [0.1, 0.15) is 24.0 Å². The molecule has 0 saturated heterocycles. The first kappa shape index (κ1) is 12.2. The van der Waals surface area contributed by atoms with Crippen LogP contribution in [0.15, 0.2) is 24.3 Å². The van der Waals surface area contributed by atoms with Crippen molar-refractivity contribution >= 4 is 0 Å². The van der Waals surface area contributed by atoms with Gasteiger partial charge < -0.3 is 19.9 Å². The molecule has 4 rings (SSSR count). The highest BCUT2D eigenvalue weighted by molar-refractivity contribution is 5.60. The average Bonchev–Trinajstić information content (AvgIpc) is 2.66. The zero-order valence-corrected chi connectivity index (χ0v) is 11.6. The monoisotopic (exact) mass is 273 g/mol. The normalized spacial score (nSPS) is 33.9. The van der Waals surface area contributed by atoms with Crippen molar-refractivity contribution in [2.24, 2.45) is 0 Å². The van der Waals surface area contributed by atoms with E-state index in [0.717, 1.165) is 31.0 Å². The lowest BCUT2D eigenvalue weighted by Crippen LogP contribution is -2.42. The van der Waals surface area contributed by atoms with Crippen LogP contribution in [-0.4, -0.2) is 31.0 Å². The molecule has 0 aromatic heterocycles. The first-order valence-corrected chi connectivity index (χ1v) is 7.20. The van der Waals surface area contributed by atoms with Crippen LogP contribution in [0.3, 0.4) is 0 Å². The first-order chi connectivity index (χ1) is 9.74. The number of aliphatic hydroxyl groups excluding tert-OH is 1. The molecule has 106 valence electrons. The fourth-order valence-electron chi connectivity index (χ4n) is 3.87. The summed E-state index contributed by atoms with van der Waals surface area (Å²) in [7, 11) is 1.68. The lowest BCUT2D eigenvalue weighted by molar-refractivity contribution is 0.0851. The number of ether oxygens (including phenoxy) is 2.